The van der Waals surface area contributed by atoms with Crippen LogP contribution in [0.15, 0.2) is 18.2 Å². The number of hydrogen-bond acceptors (Lipinski definition) is 3. The van der Waals surface area contributed by atoms with Crippen molar-refractivity contribution >= 4 is 17.5 Å². The molecule has 5 heteroatoms. The van der Waals surface area contributed by atoms with Gasteiger partial charge < -0.3 is 15.5 Å². The van der Waals surface area contributed by atoms with E-state index in [1.807, 2.05) is 12.1 Å². The second-order valence-electron chi connectivity index (χ2n) is 11.4. The minimum Gasteiger partial charge on any atom is -0.351 e. The molecule has 1 amide bonds. The number of fused-ring (bicyclic) bond motifs is 2. The van der Waals surface area contributed by atoms with E-state index >= 15 is 0 Å². The summed E-state index contributed by atoms with van der Waals surface area (Å²) in [7, 11) is 0. The van der Waals surface area contributed by atoms with Crippen LogP contribution < -0.4 is 10.6 Å². The summed E-state index contributed by atoms with van der Waals surface area (Å²) in [4.78, 5) is 15.6. The number of aryl methyl sites for hydroxylation is 1. The maximum absolute atomic E-state index is 13.1. The van der Waals surface area contributed by atoms with Gasteiger partial charge in [0.25, 0.3) is 5.91 Å². The monoisotopic (exact) mass is 441 g/mol. The molecule has 1 aliphatic heterocycles. The Morgan fingerprint density at radius 2 is 2.03 bits per heavy atom. The van der Waals surface area contributed by atoms with Crippen LogP contribution >= 0.6 is 11.6 Å². The average Bonchev–Trinajstić information content (AvgIpc) is 3.09. The predicted molar refractivity (Wildman–Crippen MR) is 124 cm³/mol. The van der Waals surface area contributed by atoms with Crippen molar-refractivity contribution < 1.29 is 4.79 Å². The zero-order valence-electron chi connectivity index (χ0n) is 18.6. The van der Waals surface area contributed by atoms with Crippen LogP contribution in [0.4, 0.5) is 0 Å². The van der Waals surface area contributed by atoms with E-state index in [-0.39, 0.29) is 5.91 Å². The van der Waals surface area contributed by atoms with Gasteiger partial charge in [-0.25, -0.2) is 0 Å². The Kier molecular flexibility index (Phi) is 5.12. The van der Waals surface area contributed by atoms with E-state index in [1.54, 1.807) is 0 Å². The summed E-state index contributed by atoms with van der Waals surface area (Å²) in [6.45, 7) is 6.43. The fraction of sp³-hybridized carbons (Fsp3) is 0.731. The highest BCUT2D eigenvalue weighted by atomic mass is 35.5. The fourth-order valence-corrected chi connectivity index (χ4v) is 8.65. The van der Waals surface area contributed by atoms with E-state index in [9.17, 15) is 4.79 Å². The number of hydrogen-bond donors (Lipinski definition) is 2. The number of amides is 1. The van der Waals surface area contributed by atoms with Crippen LogP contribution in [0.25, 0.3) is 0 Å². The van der Waals surface area contributed by atoms with Crippen molar-refractivity contribution in [2.45, 2.75) is 51.4 Å². The van der Waals surface area contributed by atoms with Crippen LogP contribution in [0.1, 0.15) is 60.9 Å². The van der Waals surface area contributed by atoms with Gasteiger partial charge in [0.05, 0.1) is 10.6 Å². The molecule has 1 aromatic carbocycles. The van der Waals surface area contributed by atoms with E-state index in [0.717, 1.165) is 69.9 Å². The molecule has 5 aliphatic rings. The first-order chi connectivity index (χ1) is 15.1. The van der Waals surface area contributed by atoms with Gasteiger partial charge in [-0.2, -0.15) is 0 Å². The van der Waals surface area contributed by atoms with Crippen LogP contribution in [-0.4, -0.2) is 50.1 Å². The number of halogens is 1. The molecule has 2 N–H and O–H groups in total. The molecule has 1 heterocycles. The topological polar surface area (TPSA) is 44.4 Å². The van der Waals surface area contributed by atoms with Crippen molar-refractivity contribution in [1.82, 2.24) is 15.5 Å². The molecule has 4 nitrogen and oxygen atoms in total. The van der Waals surface area contributed by atoms with Crippen molar-refractivity contribution in [3.05, 3.63) is 34.3 Å². The average molecular weight is 442 g/mol. The minimum atomic E-state index is 0.0227. The fourth-order valence-electron chi connectivity index (χ4n) is 8.45. The van der Waals surface area contributed by atoms with Crippen molar-refractivity contribution in [3.8, 4) is 0 Å². The van der Waals surface area contributed by atoms with Crippen molar-refractivity contribution in [1.29, 1.82) is 0 Å². The molecule has 0 radical (unpaired) electrons. The molecule has 5 atom stereocenters. The third-order valence-corrected chi connectivity index (χ3v) is 9.97. The zero-order chi connectivity index (χ0) is 21.1. The van der Waals surface area contributed by atoms with Crippen molar-refractivity contribution in [2.24, 2.45) is 28.6 Å². The van der Waals surface area contributed by atoms with Gasteiger partial charge in [-0.3, -0.25) is 4.79 Å². The van der Waals surface area contributed by atoms with Crippen LogP contribution in [0.3, 0.4) is 0 Å². The summed E-state index contributed by atoms with van der Waals surface area (Å²) in [6, 6.07) is 6.03. The van der Waals surface area contributed by atoms with E-state index in [1.165, 1.54) is 44.1 Å². The Bertz CT molecular complexity index is 864. The highest BCUT2D eigenvalue weighted by Gasteiger charge is 2.70. The molecule has 3 bridgehead atoms. The Labute approximate surface area is 191 Å². The molecule has 6 rings (SSSR count). The second-order valence-corrected chi connectivity index (χ2v) is 11.9. The van der Waals surface area contributed by atoms with Gasteiger partial charge in [0.15, 0.2) is 0 Å². The summed E-state index contributed by atoms with van der Waals surface area (Å²) < 4.78 is 0. The third kappa shape index (κ3) is 3.54. The number of nitrogens with one attached hydrogen (secondary N) is 2. The summed E-state index contributed by atoms with van der Waals surface area (Å²) in [6.07, 6.45) is 10.6. The van der Waals surface area contributed by atoms with Gasteiger partial charge in [0.1, 0.15) is 0 Å². The Morgan fingerprint density at radius 1 is 1.16 bits per heavy atom. The second kappa shape index (κ2) is 7.74. The highest BCUT2D eigenvalue weighted by Crippen LogP contribution is 2.78. The molecule has 1 aromatic rings. The Hall–Kier alpha value is -1.10. The van der Waals surface area contributed by atoms with Crippen molar-refractivity contribution in [2.75, 3.05) is 39.3 Å². The molecular weight excluding hydrogens is 406 g/mol. The quantitative estimate of drug-likeness (QED) is 0.668. The Balaban J connectivity index is 1.07. The number of carbonyl (C=O) groups is 1. The molecule has 5 unspecified atom stereocenters. The molecule has 0 aromatic heterocycles. The molecular formula is C26H36ClN3O. The predicted octanol–water partition coefficient (Wildman–Crippen LogP) is 4.12. The van der Waals surface area contributed by atoms with E-state index in [2.05, 4.69) is 21.6 Å². The lowest BCUT2D eigenvalue weighted by atomic mass is 9.55. The normalized spacial score (nSPS) is 38.2. The maximum Gasteiger partial charge on any atom is 0.252 e. The smallest absolute Gasteiger partial charge is 0.252 e. The van der Waals surface area contributed by atoms with Crippen LogP contribution in [0.2, 0.25) is 5.02 Å². The van der Waals surface area contributed by atoms with Crippen LogP contribution in [0, 0.1) is 28.6 Å². The van der Waals surface area contributed by atoms with Gasteiger partial charge in [0.2, 0.25) is 0 Å². The first-order valence-electron chi connectivity index (χ1n) is 12.6. The molecule has 168 valence electrons. The zero-order valence-corrected chi connectivity index (χ0v) is 19.4. The lowest BCUT2D eigenvalue weighted by molar-refractivity contribution is -0.00253. The van der Waals surface area contributed by atoms with E-state index < -0.39 is 0 Å². The van der Waals surface area contributed by atoms with Gasteiger partial charge in [-0.1, -0.05) is 17.7 Å². The number of rotatable bonds is 7. The summed E-state index contributed by atoms with van der Waals surface area (Å²) in [5, 5.41) is 7.31. The summed E-state index contributed by atoms with van der Waals surface area (Å²) in [5.74, 6) is 2.90. The molecule has 5 fully saturated rings. The first kappa shape index (κ1) is 20.5. The highest BCUT2D eigenvalue weighted by molar-refractivity contribution is 6.33. The van der Waals surface area contributed by atoms with Gasteiger partial charge >= 0.3 is 0 Å². The standard InChI is InChI=1S/C26H36ClN3O/c27-23-4-3-18(2-1-7-30-8-5-28-6-9-30)11-22(23)24(31)29-17-25-13-19-10-20-12-21(15-25)26(20,14-19)16-25/h3-4,11,19-21,28H,1-2,5-10,12-17H2,(H,29,31). The number of benzene rings is 1. The Morgan fingerprint density at radius 3 is 2.90 bits per heavy atom. The largest absolute Gasteiger partial charge is 0.351 e. The maximum atomic E-state index is 13.1. The van der Waals surface area contributed by atoms with Gasteiger partial charge in [0, 0.05) is 32.7 Å². The number of carbonyl (C=O) groups excluding carboxylic acids is 1. The molecule has 1 spiro atoms. The van der Waals surface area contributed by atoms with Crippen LogP contribution in [-0.2, 0) is 6.42 Å². The first-order valence-corrected chi connectivity index (χ1v) is 12.9. The summed E-state index contributed by atoms with van der Waals surface area (Å²) >= 11 is 6.45. The van der Waals surface area contributed by atoms with Gasteiger partial charge in [-0.15, -0.1) is 0 Å². The van der Waals surface area contributed by atoms with Gasteiger partial charge in [-0.05, 0) is 104 Å². The SMILES string of the molecule is O=C(NCC12CC3CC4CC(C1)C4(C3)C2)c1cc(CCCN2CCNCC2)ccc1Cl. The van der Waals surface area contributed by atoms with E-state index in [4.69, 9.17) is 11.6 Å². The lowest BCUT2D eigenvalue weighted by Crippen LogP contribution is -2.43. The molecule has 4 saturated carbocycles. The molecule has 1 saturated heterocycles. The molecule has 4 aliphatic carbocycles. The molecule has 31 heavy (non-hydrogen) atoms. The summed E-state index contributed by atoms with van der Waals surface area (Å²) in [5.41, 5.74) is 2.92. The van der Waals surface area contributed by atoms with Crippen LogP contribution in [0.5, 0.6) is 0 Å². The number of nitrogens with zero attached hydrogens (tertiary/aromatic N) is 1. The number of piperazine rings is 1. The van der Waals surface area contributed by atoms with Crippen molar-refractivity contribution in [3.63, 3.8) is 0 Å². The third-order valence-electron chi connectivity index (χ3n) is 9.64. The lowest BCUT2D eigenvalue weighted by Gasteiger charge is -2.49. The van der Waals surface area contributed by atoms with E-state index in [0.29, 0.717) is 21.4 Å². The minimum absolute atomic E-state index is 0.0227.